The van der Waals surface area contributed by atoms with Crippen molar-refractivity contribution >= 4 is 17.5 Å². The van der Waals surface area contributed by atoms with Crippen LogP contribution < -0.4 is 19.7 Å². The number of ether oxygens (including phenoxy) is 2. The number of nitrogens with one attached hydrogen (secondary N) is 1. The molecule has 0 radical (unpaired) electrons. The predicted molar refractivity (Wildman–Crippen MR) is 134 cm³/mol. The number of rotatable bonds is 8. The van der Waals surface area contributed by atoms with E-state index in [-0.39, 0.29) is 17.9 Å². The van der Waals surface area contributed by atoms with Gasteiger partial charge in [0.25, 0.3) is 5.91 Å². The highest BCUT2D eigenvalue weighted by Crippen LogP contribution is 2.35. The van der Waals surface area contributed by atoms with Crippen LogP contribution in [-0.2, 0) is 4.79 Å². The average molecular weight is 477 g/mol. The Hall–Kier alpha value is -3.74. The van der Waals surface area contributed by atoms with Gasteiger partial charge in [-0.2, -0.15) is 0 Å². The summed E-state index contributed by atoms with van der Waals surface area (Å²) in [6.45, 7) is 1.74. The molecule has 1 aromatic heterocycles. The van der Waals surface area contributed by atoms with Gasteiger partial charge in [-0.05, 0) is 55.7 Å². The van der Waals surface area contributed by atoms with Crippen LogP contribution in [0.3, 0.4) is 0 Å². The van der Waals surface area contributed by atoms with E-state index in [1.165, 1.54) is 17.6 Å². The Balaban J connectivity index is 1.85. The predicted octanol–water partition coefficient (Wildman–Crippen LogP) is 5.44. The molecule has 35 heavy (non-hydrogen) atoms. The number of nitrogens with zero attached hydrogens (tertiary/aromatic N) is 1. The van der Waals surface area contributed by atoms with E-state index in [4.69, 9.17) is 13.9 Å². The molecular formula is C28H32N2O5. The molecule has 4 rings (SSSR count). The van der Waals surface area contributed by atoms with Crippen LogP contribution in [0, 0.1) is 6.92 Å². The molecule has 0 bridgehead atoms. The van der Waals surface area contributed by atoms with Crippen molar-refractivity contribution in [2.75, 3.05) is 19.1 Å². The second-order valence-electron chi connectivity index (χ2n) is 8.79. The van der Waals surface area contributed by atoms with Crippen LogP contribution in [0.2, 0.25) is 0 Å². The zero-order chi connectivity index (χ0) is 24.8. The van der Waals surface area contributed by atoms with Gasteiger partial charge in [0.05, 0.1) is 26.0 Å². The second kappa shape index (κ2) is 11.1. The molecule has 1 unspecified atom stereocenters. The highest BCUT2D eigenvalue weighted by Gasteiger charge is 2.36. The maximum Gasteiger partial charge on any atom is 0.262 e. The fourth-order valence-electron chi connectivity index (χ4n) is 4.64. The van der Waals surface area contributed by atoms with E-state index in [2.05, 4.69) is 5.32 Å². The van der Waals surface area contributed by atoms with Crippen molar-refractivity contribution < 1.29 is 23.5 Å². The summed E-state index contributed by atoms with van der Waals surface area (Å²) < 4.78 is 16.4. The maximum absolute atomic E-state index is 14.0. The molecule has 2 amide bonds. The molecule has 1 aliphatic carbocycles. The Morgan fingerprint density at radius 2 is 1.63 bits per heavy atom. The highest BCUT2D eigenvalue weighted by atomic mass is 16.5. The Morgan fingerprint density at radius 1 is 0.971 bits per heavy atom. The number of para-hydroxylation sites is 1. The minimum atomic E-state index is -0.954. The van der Waals surface area contributed by atoms with Crippen LogP contribution in [0.1, 0.15) is 59.8 Å². The van der Waals surface area contributed by atoms with E-state index in [1.807, 2.05) is 30.3 Å². The van der Waals surface area contributed by atoms with Gasteiger partial charge in [0, 0.05) is 17.8 Å². The molecular weight excluding hydrogens is 444 g/mol. The third kappa shape index (κ3) is 5.50. The molecule has 1 N–H and O–H groups in total. The Morgan fingerprint density at radius 3 is 2.20 bits per heavy atom. The average Bonchev–Trinajstić information content (AvgIpc) is 3.33. The third-order valence-electron chi connectivity index (χ3n) is 6.49. The van der Waals surface area contributed by atoms with Gasteiger partial charge >= 0.3 is 0 Å². The Kier molecular flexibility index (Phi) is 7.75. The SMILES string of the molecule is COc1cc(OC)cc(C(C(=O)NC2CCCCC2)N(C(=O)c2ccoc2C)c2ccccc2)c1. The molecule has 1 atom stereocenters. The van der Waals surface area contributed by atoms with Crippen molar-refractivity contribution in [3.8, 4) is 11.5 Å². The van der Waals surface area contributed by atoms with E-state index in [0.29, 0.717) is 34.1 Å². The summed E-state index contributed by atoms with van der Waals surface area (Å²) in [4.78, 5) is 29.5. The molecule has 0 aliphatic heterocycles. The summed E-state index contributed by atoms with van der Waals surface area (Å²) in [6, 6.07) is 15.3. The molecule has 2 aromatic carbocycles. The molecule has 1 fully saturated rings. The zero-order valence-corrected chi connectivity index (χ0v) is 20.5. The van der Waals surface area contributed by atoms with Gasteiger partial charge in [-0.1, -0.05) is 37.5 Å². The molecule has 1 saturated carbocycles. The van der Waals surface area contributed by atoms with Crippen LogP contribution in [0.25, 0.3) is 0 Å². The molecule has 1 aliphatic rings. The number of carbonyl (C=O) groups excluding carboxylic acids is 2. The summed E-state index contributed by atoms with van der Waals surface area (Å²) in [7, 11) is 3.12. The molecule has 7 nitrogen and oxygen atoms in total. The van der Waals surface area contributed by atoms with Gasteiger partial charge in [-0.3, -0.25) is 14.5 Å². The van der Waals surface area contributed by atoms with Crippen molar-refractivity contribution in [3.63, 3.8) is 0 Å². The van der Waals surface area contributed by atoms with Crippen LogP contribution in [0.4, 0.5) is 5.69 Å². The van der Waals surface area contributed by atoms with Gasteiger partial charge in [0.2, 0.25) is 5.91 Å². The molecule has 1 heterocycles. The van der Waals surface area contributed by atoms with Crippen molar-refractivity contribution in [1.82, 2.24) is 5.32 Å². The van der Waals surface area contributed by atoms with Crippen molar-refractivity contribution in [2.24, 2.45) is 0 Å². The lowest BCUT2D eigenvalue weighted by Gasteiger charge is -2.33. The van der Waals surface area contributed by atoms with Crippen LogP contribution in [0.5, 0.6) is 11.5 Å². The number of furan rings is 1. The minimum Gasteiger partial charge on any atom is -0.497 e. The summed E-state index contributed by atoms with van der Waals surface area (Å²) in [5.74, 6) is 0.994. The number of benzene rings is 2. The van der Waals surface area contributed by atoms with E-state index >= 15 is 0 Å². The van der Waals surface area contributed by atoms with E-state index in [0.717, 1.165) is 25.7 Å². The first kappa shape index (κ1) is 24.4. The number of aryl methyl sites for hydroxylation is 1. The van der Waals surface area contributed by atoms with Gasteiger partial charge in [0.15, 0.2) is 0 Å². The first-order chi connectivity index (χ1) is 17.0. The molecule has 7 heteroatoms. The molecule has 3 aromatic rings. The smallest absolute Gasteiger partial charge is 0.262 e. The molecule has 0 spiro atoms. The summed E-state index contributed by atoms with van der Waals surface area (Å²) in [6.07, 6.45) is 6.69. The minimum absolute atomic E-state index is 0.0784. The normalized spacial score (nSPS) is 14.7. The summed E-state index contributed by atoms with van der Waals surface area (Å²) in [5, 5.41) is 3.22. The summed E-state index contributed by atoms with van der Waals surface area (Å²) in [5.41, 5.74) is 1.59. The van der Waals surface area contributed by atoms with Gasteiger partial charge in [0.1, 0.15) is 23.3 Å². The highest BCUT2D eigenvalue weighted by molar-refractivity contribution is 6.10. The number of carbonyl (C=O) groups is 2. The number of methoxy groups -OCH3 is 2. The molecule has 184 valence electrons. The largest absolute Gasteiger partial charge is 0.497 e. The number of anilines is 1. The monoisotopic (exact) mass is 476 g/mol. The van der Waals surface area contributed by atoms with E-state index in [1.54, 1.807) is 45.4 Å². The number of hydrogen-bond donors (Lipinski definition) is 1. The Bertz CT molecular complexity index is 1130. The van der Waals surface area contributed by atoms with Crippen molar-refractivity contribution in [2.45, 2.75) is 51.1 Å². The van der Waals surface area contributed by atoms with E-state index in [9.17, 15) is 9.59 Å². The zero-order valence-electron chi connectivity index (χ0n) is 20.5. The lowest BCUT2D eigenvalue weighted by molar-refractivity contribution is -0.123. The third-order valence-corrected chi connectivity index (χ3v) is 6.49. The quantitative estimate of drug-likeness (QED) is 0.468. The lowest BCUT2D eigenvalue weighted by Crippen LogP contribution is -2.47. The number of hydrogen-bond acceptors (Lipinski definition) is 5. The van der Waals surface area contributed by atoms with Crippen LogP contribution in [0.15, 0.2) is 65.3 Å². The topological polar surface area (TPSA) is 81.0 Å². The number of amides is 2. The first-order valence-electron chi connectivity index (χ1n) is 12.0. The second-order valence-corrected chi connectivity index (χ2v) is 8.79. The van der Waals surface area contributed by atoms with Crippen molar-refractivity contribution in [1.29, 1.82) is 0 Å². The van der Waals surface area contributed by atoms with Crippen molar-refractivity contribution in [3.05, 3.63) is 77.7 Å². The first-order valence-corrected chi connectivity index (χ1v) is 12.0. The fourth-order valence-corrected chi connectivity index (χ4v) is 4.64. The van der Waals surface area contributed by atoms with Crippen LogP contribution in [-0.4, -0.2) is 32.1 Å². The lowest BCUT2D eigenvalue weighted by atomic mass is 9.94. The van der Waals surface area contributed by atoms with E-state index < -0.39 is 6.04 Å². The summed E-state index contributed by atoms with van der Waals surface area (Å²) >= 11 is 0. The maximum atomic E-state index is 14.0. The Labute approximate surface area is 206 Å². The fraction of sp³-hybridized carbons (Fsp3) is 0.357. The standard InChI is InChI=1S/C28H32N2O5/c1-19-25(14-15-35-19)28(32)30(22-12-8-5-9-13-22)26(27(31)29-21-10-6-4-7-11-21)20-16-23(33-2)18-24(17-20)34-3/h5,8-9,12-18,21,26H,4,6-7,10-11H2,1-3H3,(H,29,31). The van der Waals surface area contributed by atoms with Crippen LogP contribution >= 0.6 is 0 Å². The van der Waals surface area contributed by atoms with Gasteiger partial charge < -0.3 is 19.2 Å². The van der Waals surface area contributed by atoms with Gasteiger partial charge in [-0.25, -0.2) is 0 Å². The molecule has 0 saturated heterocycles. The van der Waals surface area contributed by atoms with Gasteiger partial charge in [-0.15, -0.1) is 0 Å².